The van der Waals surface area contributed by atoms with E-state index in [4.69, 9.17) is 4.42 Å². The summed E-state index contributed by atoms with van der Waals surface area (Å²) in [6.07, 6.45) is 2.66. The second-order valence-electron chi connectivity index (χ2n) is 5.46. The Kier molecular flexibility index (Phi) is 4.80. The third-order valence-electron chi connectivity index (χ3n) is 3.39. The predicted molar refractivity (Wildman–Crippen MR) is 79.2 cm³/mol. The number of hydrogen-bond donors (Lipinski definition) is 1. The molecule has 0 radical (unpaired) electrons. The van der Waals surface area contributed by atoms with Crippen molar-refractivity contribution in [2.45, 2.75) is 45.7 Å². The smallest absolute Gasteiger partial charge is 0.105 e. The second-order valence-corrected chi connectivity index (χ2v) is 5.46. The third-order valence-corrected chi connectivity index (χ3v) is 3.39. The lowest BCUT2D eigenvalue weighted by Gasteiger charge is -2.13. The highest BCUT2D eigenvalue weighted by molar-refractivity contribution is 5.24. The van der Waals surface area contributed by atoms with E-state index in [-0.39, 0.29) is 0 Å². The molecule has 0 aliphatic carbocycles. The maximum Gasteiger partial charge on any atom is 0.105 e. The molecule has 2 rings (SSSR count). The summed E-state index contributed by atoms with van der Waals surface area (Å²) in [5.74, 6) is 1.63. The molecule has 0 saturated heterocycles. The van der Waals surface area contributed by atoms with Crippen LogP contribution in [0.15, 0.2) is 47.1 Å². The van der Waals surface area contributed by atoms with E-state index in [1.807, 2.05) is 12.1 Å². The van der Waals surface area contributed by atoms with E-state index in [0.717, 1.165) is 18.7 Å². The number of benzene rings is 1. The normalized spacial score (nSPS) is 12.8. The Bertz CT molecular complexity index is 470. The quantitative estimate of drug-likeness (QED) is 0.842. The van der Waals surface area contributed by atoms with Crippen molar-refractivity contribution in [2.24, 2.45) is 0 Å². The van der Waals surface area contributed by atoms with Crippen LogP contribution in [0.2, 0.25) is 0 Å². The van der Waals surface area contributed by atoms with Crippen LogP contribution in [0.3, 0.4) is 0 Å². The highest BCUT2D eigenvalue weighted by Gasteiger charge is 2.05. The summed E-state index contributed by atoms with van der Waals surface area (Å²) in [5, 5.41) is 3.53. The molecule has 102 valence electrons. The third kappa shape index (κ3) is 4.25. The highest BCUT2D eigenvalue weighted by atomic mass is 16.3. The van der Waals surface area contributed by atoms with Crippen LogP contribution in [0.4, 0.5) is 0 Å². The molecule has 0 aliphatic rings. The molecule has 2 heteroatoms. The molecule has 1 aromatic carbocycles. The van der Waals surface area contributed by atoms with Gasteiger partial charge in [-0.15, -0.1) is 0 Å². The average molecular weight is 257 g/mol. The van der Waals surface area contributed by atoms with Crippen LogP contribution in [0.25, 0.3) is 0 Å². The van der Waals surface area contributed by atoms with Crippen molar-refractivity contribution in [1.82, 2.24) is 5.32 Å². The molecule has 0 fully saturated rings. The maximum atomic E-state index is 5.36. The SMILES string of the molecule is CC(Cc1ccco1)NCc1ccc(C(C)C)cc1. The Balaban J connectivity index is 1.81. The summed E-state index contributed by atoms with van der Waals surface area (Å²) >= 11 is 0. The second kappa shape index (κ2) is 6.58. The van der Waals surface area contributed by atoms with Gasteiger partial charge in [0.2, 0.25) is 0 Å². The van der Waals surface area contributed by atoms with Crippen LogP contribution >= 0.6 is 0 Å². The van der Waals surface area contributed by atoms with Crippen LogP contribution in [-0.2, 0) is 13.0 Å². The van der Waals surface area contributed by atoms with Gasteiger partial charge in [0.1, 0.15) is 5.76 Å². The number of furan rings is 1. The van der Waals surface area contributed by atoms with Crippen molar-refractivity contribution in [3.05, 3.63) is 59.5 Å². The van der Waals surface area contributed by atoms with Crippen molar-refractivity contribution in [3.63, 3.8) is 0 Å². The fourth-order valence-electron chi connectivity index (χ4n) is 2.12. The summed E-state index contributed by atoms with van der Waals surface area (Å²) in [7, 11) is 0. The molecule has 0 aliphatic heterocycles. The Morgan fingerprint density at radius 1 is 1.05 bits per heavy atom. The molecule has 1 unspecified atom stereocenters. The first kappa shape index (κ1) is 13.9. The van der Waals surface area contributed by atoms with Crippen LogP contribution in [-0.4, -0.2) is 6.04 Å². The van der Waals surface area contributed by atoms with E-state index in [0.29, 0.717) is 12.0 Å². The minimum Gasteiger partial charge on any atom is -0.469 e. The molecular weight excluding hydrogens is 234 g/mol. The summed E-state index contributed by atoms with van der Waals surface area (Å²) in [4.78, 5) is 0. The number of hydrogen-bond acceptors (Lipinski definition) is 2. The Morgan fingerprint density at radius 2 is 1.79 bits per heavy atom. The minimum absolute atomic E-state index is 0.413. The van der Waals surface area contributed by atoms with Gasteiger partial charge in [-0.2, -0.15) is 0 Å². The lowest BCUT2D eigenvalue weighted by Crippen LogP contribution is -2.27. The molecule has 2 nitrogen and oxygen atoms in total. The fraction of sp³-hybridized carbons (Fsp3) is 0.412. The summed E-state index contributed by atoms with van der Waals surface area (Å²) < 4.78 is 5.36. The minimum atomic E-state index is 0.413. The standard InChI is InChI=1S/C17H23NO/c1-13(2)16-8-6-15(7-9-16)12-18-14(3)11-17-5-4-10-19-17/h4-10,13-14,18H,11-12H2,1-3H3. The average Bonchev–Trinajstić information content (AvgIpc) is 2.89. The van der Waals surface area contributed by atoms with E-state index < -0.39 is 0 Å². The van der Waals surface area contributed by atoms with Crippen molar-refractivity contribution >= 4 is 0 Å². The van der Waals surface area contributed by atoms with Gasteiger partial charge in [0.15, 0.2) is 0 Å². The molecule has 0 amide bonds. The van der Waals surface area contributed by atoms with Crippen LogP contribution in [0.1, 0.15) is 43.6 Å². The van der Waals surface area contributed by atoms with Crippen molar-refractivity contribution in [2.75, 3.05) is 0 Å². The zero-order valence-corrected chi connectivity index (χ0v) is 12.0. The van der Waals surface area contributed by atoms with Gasteiger partial charge in [-0.05, 0) is 36.1 Å². The molecule has 2 aromatic rings. The summed E-state index contributed by atoms with van der Waals surface area (Å²) in [6.45, 7) is 7.53. The van der Waals surface area contributed by atoms with Crippen LogP contribution < -0.4 is 5.32 Å². The monoisotopic (exact) mass is 257 g/mol. The molecule has 1 heterocycles. The first-order valence-corrected chi connectivity index (χ1v) is 6.99. The van der Waals surface area contributed by atoms with Crippen molar-refractivity contribution in [3.8, 4) is 0 Å². The lowest BCUT2D eigenvalue weighted by atomic mass is 10.0. The van der Waals surface area contributed by atoms with E-state index in [2.05, 4.69) is 50.4 Å². The molecule has 1 atom stereocenters. The van der Waals surface area contributed by atoms with E-state index >= 15 is 0 Å². The van der Waals surface area contributed by atoms with Gasteiger partial charge < -0.3 is 9.73 Å². The first-order valence-electron chi connectivity index (χ1n) is 6.99. The van der Waals surface area contributed by atoms with Gasteiger partial charge in [-0.25, -0.2) is 0 Å². The van der Waals surface area contributed by atoms with Crippen molar-refractivity contribution in [1.29, 1.82) is 0 Å². The van der Waals surface area contributed by atoms with Gasteiger partial charge in [0.05, 0.1) is 6.26 Å². The lowest BCUT2D eigenvalue weighted by molar-refractivity contribution is 0.456. The maximum absolute atomic E-state index is 5.36. The Labute approximate surface area is 115 Å². The number of rotatable bonds is 6. The molecule has 1 aromatic heterocycles. The highest BCUT2D eigenvalue weighted by Crippen LogP contribution is 2.14. The van der Waals surface area contributed by atoms with Gasteiger partial charge in [0, 0.05) is 19.0 Å². The molecule has 0 saturated carbocycles. The Hall–Kier alpha value is -1.54. The molecular formula is C17H23NO. The summed E-state index contributed by atoms with van der Waals surface area (Å²) in [5.41, 5.74) is 2.73. The van der Waals surface area contributed by atoms with E-state index in [9.17, 15) is 0 Å². The Morgan fingerprint density at radius 3 is 2.37 bits per heavy atom. The van der Waals surface area contributed by atoms with Gasteiger partial charge >= 0.3 is 0 Å². The van der Waals surface area contributed by atoms with E-state index in [1.54, 1.807) is 6.26 Å². The molecule has 19 heavy (non-hydrogen) atoms. The van der Waals surface area contributed by atoms with Crippen LogP contribution in [0.5, 0.6) is 0 Å². The largest absolute Gasteiger partial charge is 0.469 e. The van der Waals surface area contributed by atoms with Crippen molar-refractivity contribution < 1.29 is 4.42 Å². The zero-order chi connectivity index (χ0) is 13.7. The molecule has 0 spiro atoms. The fourth-order valence-corrected chi connectivity index (χ4v) is 2.12. The van der Waals surface area contributed by atoms with E-state index in [1.165, 1.54) is 11.1 Å². The topological polar surface area (TPSA) is 25.2 Å². The predicted octanol–water partition coefficient (Wildman–Crippen LogP) is 4.12. The van der Waals surface area contributed by atoms with Gasteiger partial charge in [-0.1, -0.05) is 38.1 Å². The first-order chi connectivity index (χ1) is 9.15. The molecule has 1 N–H and O–H groups in total. The van der Waals surface area contributed by atoms with Gasteiger partial charge in [-0.3, -0.25) is 0 Å². The molecule has 0 bridgehead atoms. The van der Waals surface area contributed by atoms with Gasteiger partial charge in [0.25, 0.3) is 0 Å². The summed E-state index contributed by atoms with van der Waals surface area (Å²) in [6, 6.07) is 13.2. The zero-order valence-electron chi connectivity index (χ0n) is 12.0. The van der Waals surface area contributed by atoms with Crippen LogP contribution in [0, 0.1) is 0 Å². The number of nitrogens with one attached hydrogen (secondary N) is 1.